The predicted molar refractivity (Wildman–Crippen MR) is 68.6 cm³/mol. The van der Waals surface area contributed by atoms with E-state index in [1.165, 1.54) is 12.4 Å². The van der Waals surface area contributed by atoms with Gasteiger partial charge in [-0.05, 0) is 7.05 Å². The second-order valence-corrected chi connectivity index (χ2v) is 4.59. The van der Waals surface area contributed by atoms with E-state index in [1.54, 1.807) is 0 Å². The van der Waals surface area contributed by atoms with Crippen LogP contribution in [0.3, 0.4) is 0 Å². The van der Waals surface area contributed by atoms with Crippen molar-refractivity contribution < 1.29 is 10.0 Å². The molecule has 1 fully saturated rings. The average Bonchev–Trinajstić information content (AvgIpc) is 2.39. The number of anilines is 1. The first-order valence-corrected chi connectivity index (χ1v) is 6.12. The van der Waals surface area contributed by atoms with Gasteiger partial charge >= 0.3 is 0 Å². The molecule has 0 radical (unpaired) electrons. The molecule has 1 aliphatic heterocycles. The molecule has 8 heteroatoms. The summed E-state index contributed by atoms with van der Waals surface area (Å²) in [6, 6.07) is 0. The second-order valence-electron chi connectivity index (χ2n) is 4.59. The number of rotatable bonds is 4. The van der Waals surface area contributed by atoms with Crippen molar-refractivity contribution in [1.82, 2.24) is 14.9 Å². The third-order valence-electron chi connectivity index (χ3n) is 3.15. The van der Waals surface area contributed by atoms with Crippen LogP contribution in [0.2, 0.25) is 0 Å². The molecule has 1 N–H and O–H groups in total. The Bertz CT molecular complexity index is 448. The van der Waals surface area contributed by atoms with E-state index in [-0.39, 0.29) is 5.69 Å². The highest BCUT2D eigenvalue weighted by atomic mass is 16.6. The van der Waals surface area contributed by atoms with Gasteiger partial charge in [-0.2, -0.15) is 0 Å². The van der Waals surface area contributed by atoms with Gasteiger partial charge in [0.25, 0.3) is 0 Å². The highest BCUT2D eigenvalue weighted by Gasteiger charge is 2.25. The van der Waals surface area contributed by atoms with Gasteiger partial charge in [-0.3, -0.25) is 15.1 Å². The van der Waals surface area contributed by atoms with Crippen molar-refractivity contribution in [3.8, 4) is 0 Å². The standard InChI is InChI=1S/C11H17N5O3/c1-14-4-6-15(7-5-14)11-10(12-2-3-13-11)9(17)8-16(18)19/h2-3,9,17H,4-8H2,1H3. The lowest BCUT2D eigenvalue weighted by Crippen LogP contribution is -2.45. The maximum Gasteiger partial charge on any atom is 0.235 e. The van der Waals surface area contributed by atoms with Crippen LogP contribution >= 0.6 is 0 Å². The molecular weight excluding hydrogens is 250 g/mol. The molecule has 0 aromatic carbocycles. The first-order valence-electron chi connectivity index (χ1n) is 6.12. The van der Waals surface area contributed by atoms with Crippen molar-refractivity contribution >= 4 is 5.82 Å². The minimum absolute atomic E-state index is 0.281. The summed E-state index contributed by atoms with van der Waals surface area (Å²) >= 11 is 0. The Labute approximate surface area is 110 Å². The minimum Gasteiger partial charge on any atom is -0.380 e. The molecule has 0 spiro atoms. The number of aliphatic hydroxyl groups is 1. The number of piperazine rings is 1. The maximum atomic E-state index is 10.5. The highest BCUT2D eigenvalue weighted by molar-refractivity contribution is 5.44. The van der Waals surface area contributed by atoms with Crippen molar-refractivity contribution in [2.45, 2.75) is 6.10 Å². The Morgan fingerprint density at radius 2 is 2.00 bits per heavy atom. The molecule has 1 aromatic rings. The van der Waals surface area contributed by atoms with Gasteiger partial charge in [0.2, 0.25) is 6.54 Å². The van der Waals surface area contributed by atoms with E-state index in [0.717, 1.165) is 26.2 Å². The summed E-state index contributed by atoms with van der Waals surface area (Å²) in [5.41, 5.74) is 0.281. The number of nitrogens with zero attached hydrogens (tertiary/aromatic N) is 5. The van der Waals surface area contributed by atoms with E-state index in [0.29, 0.717) is 5.82 Å². The minimum atomic E-state index is -1.22. The van der Waals surface area contributed by atoms with Crippen molar-refractivity contribution in [2.24, 2.45) is 0 Å². The molecule has 104 valence electrons. The fourth-order valence-corrected chi connectivity index (χ4v) is 2.07. The molecule has 0 aliphatic carbocycles. The molecule has 1 atom stereocenters. The zero-order chi connectivity index (χ0) is 13.8. The first-order chi connectivity index (χ1) is 9.08. The van der Waals surface area contributed by atoms with Crippen LogP contribution in [0, 0.1) is 10.1 Å². The molecule has 1 aliphatic rings. The molecule has 1 unspecified atom stereocenters. The molecule has 2 rings (SSSR count). The fourth-order valence-electron chi connectivity index (χ4n) is 2.07. The monoisotopic (exact) mass is 267 g/mol. The molecule has 19 heavy (non-hydrogen) atoms. The molecule has 0 saturated carbocycles. The van der Waals surface area contributed by atoms with Crippen molar-refractivity contribution in [3.63, 3.8) is 0 Å². The van der Waals surface area contributed by atoms with Crippen LogP contribution in [0.4, 0.5) is 5.82 Å². The lowest BCUT2D eigenvalue weighted by Gasteiger charge is -2.34. The van der Waals surface area contributed by atoms with Crippen LogP contribution in [-0.2, 0) is 0 Å². The van der Waals surface area contributed by atoms with Crippen LogP contribution in [-0.4, -0.2) is 64.7 Å². The Kier molecular flexibility index (Phi) is 4.23. The third-order valence-corrected chi connectivity index (χ3v) is 3.15. The Hall–Kier alpha value is -1.80. The van der Waals surface area contributed by atoms with Gasteiger partial charge in [0.15, 0.2) is 11.9 Å². The largest absolute Gasteiger partial charge is 0.380 e. The van der Waals surface area contributed by atoms with E-state index in [9.17, 15) is 15.2 Å². The van der Waals surface area contributed by atoms with Gasteiger partial charge in [0.1, 0.15) is 5.69 Å². The predicted octanol–water partition coefficient (Wildman–Crippen LogP) is -0.462. The van der Waals surface area contributed by atoms with Crippen molar-refractivity contribution in [1.29, 1.82) is 0 Å². The van der Waals surface area contributed by atoms with Crippen molar-refractivity contribution in [3.05, 3.63) is 28.2 Å². The SMILES string of the molecule is CN1CCN(c2nccnc2C(O)C[N+](=O)[O-])CC1. The number of nitro groups is 1. The number of hydrogen-bond acceptors (Lipinski definition) is 7. The molecule has 0 bridgehead atoms. The summed E-state index contributed by atoms with van der Waals surface area (Å²) in [5.74, 6) is 0.546. The summed E-state index contributed by atoms with van der Waals surface area (Å²) in [6.07, 6.45) is 1.76. The molecule has 0 amide bonds. The summed E-state index contributed by atoms with van der Waals surface area (Å²) < 4.78 is 0. The average molecular weight is 267 g/mol. The van der Waals surface area contributed by atoms with Gasteiger partial charge in [-0.15, -0.1) is 0 Å². The van der Waals surface area contributed by atoms with Gasteiger partial charge in [0, 0.05) is 43.5 Å². The summed E-state index contributed by atoms with van der Waals surface area (Å²) in [6.45, 7) is 2.77. The molecule has 2 heterocycles. The summed E-state index contributed by atoms with van der Waals surface area (Å²) in [4.78, 5) is 22.4. The zero-order valence-corrected chi connectivity index (χ0v) is 10.8. The zero-order valence-electron chi connectivity index (χ0n) is 10.8. The topological polar surface area (TPSA) is 95.6 Å². The first kappa shape index (κ1) is 13.6. The smallest absolute Gasteiger partial charge is 0.235 e. The van der Waals surface area contributed by atoms with Gasteiger partial charge in [-0.1, -0.05) is 0 Å². The van der Waals surface area contributed by atoms with E-state index >= 15 is 0 Å². The fraction of sp³-hybridized carbons (Fsp3) is 0.636. The van der Waals surface area contributed by atoms with E-state index in [2.05, 4.69) is 14.9 Å². The lowest BCUT2D eigenvalue weighted by molar-refractivity contribution is -0.491. The van der Waals surface area contributed by atoms with E-state index in [4.69, 9.17) is 0 Å². The van der Waals surface area contributed by atoms with Crippen LogP contribution in [0.15, 0.2) is 12.4 Å². The molecule has 1 saturated heterocycles. The number of aliphatic hydroxyl groups excluding tert-OH is 1. The lowest BCUT2D eigenvalue weighted by atomic mass is 10.2. The van der Waals surface area contributed by atoms with Crippen LogP contribution in [0.5, 0.6) is 0 Å². The van der Waals surface area contributed by atoms with Crippen molar-refractivity contribution in [2.75, 3.05) is 44.7 Å². The molecule has 8 nitrogen and oxygen atoms in total. The second kappa shape index (κ2) is 5.89. The van der Waals surface area contributed by atoms with E-state index in [1.807, 2.05) is 11.9 Å². The Morgan fingerprint density at radius 1 is 1.37 bits per heavy atom. The summed E-state index contributed by atoms with van der Waals surface area (Å²) in [7, 11) is 2.04. The van der Waals surface area contributed by atoms with Gasteiger partial charge in [-0.25, -0.2) is 4.98 Å². The molecular formula is C11H17N5O3. The van der Waals surface area contributed by atoms with Crippen LogP contribution in [0.25, 0.3) is 0 Å². The Morgan fingerprint density at radius 3 is 2.63 bits per heavy atom. The quantitative estimate of drug-likeness (QED) is 0.582. The third kappa shape index (κ3) is 3.36. The molecule has 1 aromatic heterocycles. The maximum absolute atomic E-state index is 10.5. The summed E-state index contributed by atoms with van der Waals surface area (Å²) in [5, 5.41) is 20.4. The Balaban J connectivity index is 2.18. The normalized spacial score (nSPS) is 18.3. The van der Waals surface area contributed by atoms with Gasteiger partial charge < -0.3 is 14.9 Å². The number of hydrogen-bond donors (Lipinski definition) is 1. The van der Waals surface area contributed by atoms with E-state index < -0.39 is 17.6 Å². The number of likely N-dealkylation sites (N-methyl/N-ethyl adjacent to an activating group) is 1. The highest BCUT2D eigenvalue weighted by Crippen LogP contribution is 2.22. The van der Waals surface area contributed by atoms with Gasteiger partial charge in [0.05, 0.1) is 0 Å². The number of aromatic nitrogens is 2. The van der Waals surface area contributed by atoms with Crippen LogP contribution < -0.4 is 4.90 Å². The van der Waals surface area contributed by atoms with Crippen LogP contribution in [0.1, 0.15) is 11.8 Å².